The standard InChI is InChI=1S/C14H11N3O3S/c15-21(19,20)14-11(4-2-6-17-14)12-8-10(18)7-9-3-1-5-16-13(9)12/h1-8,18H,(H2,15,19,20). The summed E-state index contributed by atoms with van der Waals surface area (Å²) >= 11 is 0. The molecule has 3 rings (SSSR count). The first-order valence-electron chi connectivity index (χ1n) is 6.03. The van der Waals surface area contributed by atoms with Crippen molar-refractivity contribution in [2.24, 2.45) is 5.14 Å². The number of benzene rings is 1. The van der Waals surface area contributed by atoms with Crippen molar-refractivity contribution < 1.29 is 13.5 Å². The molecule has 0 spiro atoms. The van der Waals surface area contributed by atoms with Crippen LogP contribution in [0.1, 0.15) is 0 Å². The lowest BCUT2D eigenvalue weighted by Gasteiger charge is -2.10. The van der Waals surface area contributed by atoms with Gasteiger partial charge in [0.1, 0.15) is 5.75 Å². The van der Waals surface area contributed by atoms with Crippen LogP contribution in [0.3, 0.4) is 0 Å². The number of aromatic nitrogens is 2. The zero-order chi connectivity index (χ0) is 15.0. The number of phenols is 1. The monoisotopic (exact) mass is 301 g/mol. The summed E-state index contributed by atoms with van der Waals surface area (Å²) in [5.74, 6) is 0.00900. The molecule has 0 amide bonds. The van der Waals surface area contributed by atoms with E-state index in [1.807, 2.05) is 0 Å². The molecule has 0 unspecified atom stereocenters. The highest BCUT2D eigenvalue weighted by Gasteiger charge is 2.19. The van der Waals surface area contributed by atoms with E-state index in [1.54, 1.807) is 36.5 Å². The molecule has 21 heavy (non-hydrogen) atoms. The summed E-state index contributed by atoms with van der Waals surface area (Å²) in [5, 5.41) is 15.5. The molecule has 0 saturated heterocycles. The minimum absolute atomic E-state index is 0.00900. The van der Waals surface area contributed by atoms with Crippen LogP contribution in [-0.4, -0.2) is 23.5 Å². The van der Waals surface area contributed by atoms with Gasteiger partial charge in [0.2, 0.25) is 0 Å². The molecule has 2 aromatic heterocycles. The lowest BCUT2D eigenvalue weighted by molar-refractivity contribution is 0.476. The van der Waals surface area contributed by atoms with E-state index in [9.17, 15) is 13.5 Å². The molecule has 0 fully saturated rings. The van der Waals surface area contributed by atoms with E-state index in [2.05, 4.69) is 9.97 Å². The number of fused-ring (bicyclic) bond motifs is 1. The molecule has 6 nitrogen and oxygen atoms in total. The Hall–Kier alpha value is -2.51. The first-order chi connectivity index (χ1) is 9.97. The quantitative estimate of drug-likeness (QED) is 0.748. The molecular weight excluding hydrogens is 290 g/mol. The third kappa shape index (κ3) is 2.44. The SMILES string of the molecule is NS(=O)(=O)c1ncccc1-c1cc(O)cc2cccnc12. The van der Waals surface area contributed by atoms with Crippen molar-refractivity contribution in [2.45, 2.75) is 5.03 Å². The minimum atomic E-state index is -3.98. The molecule has 0 aliphatic rings. The van der Waals surface area contributed by atoms with Crippen LogP contribution in [0.2, 0.25) is 0 Å². The number of nitrogens with two attached hydrogens (primary N) is 1. The largest absolute Gasteiger partial charge is 0.508 e. The van der Waals surface area contributed by atoms with Crippen LogP contribution in [-0.2, 0) is 10.0 Å². The molecule has 7 heteroatoms. The summed E-state index contributed by atoms with van der Waals surface area (Å²) in [5.41, 5.74) is 1.33. The van der Waals surface area contributed by atoms with Crippen molar-refractivity contribution >= 4 is 20.9 Å². The lowest BCUT2D eigenvalue weighted by Crippen LogP contribution is -2.15. The first-order valence-corrected chi connectivity index (χ1v) is 7.57. The zero-order valence-electron chi connectivity index (χ0n) is 10.8. The number of rotatable bonds is 2. The van der Waals surface area contributed by atoms with Gasteiger partial charge >= 0.3 is 0 Å². The molecular formula is C14H11N3O3S. The maximum Gasteiger partial charge on any atom is 0.256 e. The summed E-state index contributed by atoms with van der Waals surface area (Å²) in [6.07, 6.45) is 2.94. The number of nitrogens with zero attached hydrogens (tertiary/aromatic N) is 2. The Labute approximate surface area is 121 Å². The number of aromatic hydroxyl groups is 1. The molecule has 0 saturated carbocycles. The maximum absolute atomic E-state index is 11.7. The van der Waals surface area contributed by atoms with E-state index in [0.29, 0.717) is 22.0 Å². The van der Waals surface area contributed by atoms with Gasteiger partial charge in [-0.05, 0) is 30.3 Å². The van der Waals surface area contributed by atoms with Gasteiger partial charge in [0, 0.05) is 28.9 Å². The second kappa shape index (κ2) is 4.80. The molecule has 106 valence electrons. The summed E-state index contributed by atoms with van der Waals surface area (Å²) in [4.78, 5) is 8.09. The minimum Gasteiger partial charge on any atom is -0.508 e. The van der Waals surface area contributed by atoms with Crippen LogP contribution in [0, 0.1) is 0 Å². The number of sulfonamides is 1. The van der Waals surface area contributed by atoms with Gasteiger partial charge < -0.3 is 5.11 Å². The number of pyridine rings is 2. The average molecular weight is 301 g/mol. The van der Waals surface area contributed by atoms with Gasteiger partial charge in [-0.1, -0.05) is 6.07 Å². The molecule has 0 atom stereocenters. The predicted octanol–water partition coefficient (Wildman–Crippen LogP) is 1.65. The van der Waals surface area contributed by atoms with Crippen LogP contribution in [0.25, 0.3) is 22.0 Å². The fourth-order valence-electron chi connectivity index (χ4n) is 2.20. The van der Waals surface area contributed by atoms with E-state index < -0.39 is 10.0 Å². The van der Waals surface area contributed by atoms with Crippen molar-refractivity contribution in [3.8, 4) is 16.9 Å². The highest BCUT2D eigenvalue weighted by Crippen LogP contribution is 2.33. The van der Waals surface area contributed by atoms with Gasteiger partial charge in [0.15, 0.2) is 5.03 Å². The molecule has 0 aliphatic heterocycles. The Morgan fingerprint density at radius 1 is 1.00 bits per heavy atom. The Balaban J connectivity index is 2.42. The van der Waals surface area contributed by atoms with Crippen molar-refractivity contribution in [1.82, 2.24) is 9.97 Å². The molecule has 3 aromatic rings. The molecule has 3 N–H and O–H groups in total. The third-order valence-electron chi connectivity index (χ3n) is 3.02. The second-order valence-corrected chi connectivity index (χ2v) is 5.95. The van der Waals surface area contributed by atoms with Crippen LogP contribution in [0.4, 0.5) is 0 Å². The molecule has 0 bridgehead atoms. The fourth-order valence-corrected chi connectivity index (χ4v) is 2.90. The predicted molar refractivity (Wildman–Crippen MR) is 78.0 cm³/mol. The van der Waals surface area contributed by atoms with E-state index in [1.165, 1.54) is 12.3 Å². The normalized spacial score (nSPS) is 11.7. The van der Waals surface area contributed by atoms with Crippen LogP contribution >= 0.6 is 0 Å². The van der Waals surface area contributed by atoms with Crippen LogP contribution in [0.15, 0.2) is 53.8 Å². The Kier molecular flexibility index (Phi) is 3.08. The summed E-state index contributed by atoms with van der Waals surface area (Å²) < 4.78 is 23.4. The highest BCUT2D eigenvalue weighted by molar-refractivity contribution is 7.89. The third-order valence-corrected chi connectivity index (χ3v) is 3.88. The topological polar surface area (TPSA) is 106 Å². The smallest absolute Gasteiger partial charge is 0.256 e. The number of phenolic OH excluding ortho intramolecular Hbond substituents is 1. The van der Waals surface area contributed by atoms with Crippen molar-refractivity contribution in [2.75, 3.05) is 0 Å². The van der Waals surface area contributed by atoms with Crippen LogP contribution in [0.5, 0.6) is 5.75 Å². The Morgan fingerprint density at radius 3 is 2.48 bits per heavy atom. The van der Waals surface area contributed by atoms with Crippen molar-refractivity contribution in [1.29, 1.82) is 0 Å². The van der Waals surface area contributed by atoms with Gasteiger partial charge in [0.05, 0.1) is 5.52 Å². The Morgan fingerprint density at radius 2 is 1.71 bits per heavy atom. The number of primary sulfonamides is 1. The molecule has 2 heterocycles. The molecule has 0 radical (unpaired) electrons. The second-order valence-electron chi connectivity index (χ2n) is 4.47. The molecule has 1 aromatic carbocycles. The van der Waals surface area contributed by atoms with E-state index in [4.69, 9.17) is 5.14 Å². The Bertz CT molecular complexity index is 939. The number of hydrogen-bond donors (Lipinski definition) is 2. The van der Waals surface area contributed by atoms with Crippen molar-refractivity contribution in [3.05, 3.63) is 48.8 Å². The lowest BCUT2D eigenvalue weighted by atomic mass is 10.0. The average Bonchev–Trinajstić information content (AvgIpc) is 2.45. The fraction of sp³-hybridized carbons (Fsp3) is 0. The first kappa shape index (κ1) is 13.5. The summed E-state index contributed by atoms with van der Waals surface area (Å²) in [7, 11) is -3.98. The maximum atomic E-state index is 11.7. The highest BCUT2D eigenvalue weighted by atomic mass is 32.2. The van der Waals surface area contributed by atoms with E-state index >= 15 is 0 Å². The van der Waals surface area contributed by atoms with E-state index in [0.717, 1.165) is 0 Å². The van der Waals surface area contributed by atoms with Gasteiger partial charge in [-0.25, -0.2) is 18.5 Å². The summed E-state index contributed by atoms with van der Waals surface area (Å²) in [6, 6.07) is 9.69. The van der Waals surface area contributed by atoms with Gasteiger partial charge in [-0.3, -0.25) is 4.98 Å². The van der Waals surface area contributed by atoms with Gasteiger partial charge in [-0.2, -0.15) is 0 Å². The summed E-state index contributed by atoms with van der Waals surface area (Å²) in [6.45, 7) is 0. The number of hydrogen-bond acceptors (Lipinski definition) is 5. The van der Waals surface area contributed by atoms with Crippen molar-refractivity contribution in [3.63, 3.8) is 0 Å². The van der Waals surface area contributed by atoms with Gasteiger partial charge in [0.25, 0.3) is 10.0 Å². The van der Waals surface area contributed by atoms with Gasteiger partial charge in [-0.15, -0.1) is 0 Å². The zero-order valence-corrected chi connectivity index (χ0v) is 11.6. The van der Waals surface area contributed by atoms with E-state index in [-0.39, 0.29) is 10.8 Å². The van der Waals surface area contributed by atoms with Crippen LogP contribution < -0.4 is 5.14 Å². The molecule has 0 aliphatic carbocycles.